The largest absolute Gasteiger partial charge is 0.326 e. The molecule has 0 radical (unpaired) electrons. The topological polar surface area (TPSA) is 64.0 Å². The molecule has 1 aromatic heterocycles. The zero-order valence-electron chi connectivity index (χ0n) is 13.8. The molecule has 1 aliphatic heterocycles. The highest BCUT2D eigenvalue weighted by molar-refractivity contribution is 9.10. The first kappa shape index (κ1) is 16.8. The predicted octanol–water partition coefficient (Wildman–Crippen LogP) is 3.48. The number of halogens is 1. The molecule has 0 saturated heterocycles. The van der Waals surface area contributed by atoms with Crippen molar-refractivity contribution in [1.29, 1.82) is 0 Å². The molecular weight excluding hydrogens is 402 g/mol. The van der Waals surface area contributed by atoms with Gasteiger partial charge in [-0.05, 0) is 49.9 Å². The Morgan fingerprint density at radius 3 is 3.08 bits per heavy atom. The number of fused-ring (bicyclic) bond motifs is 2. The molecule has 2 aliphatic rings. The number of nitrogens with one attached hydrogen (secondary N) is 1. The third kappa shape index (κ3) is 3.15. The lowest BCUT2D eigenvalue weighted by atomic mass is 10.1. The van der Waals surface area contributed by atoms with Crippen molar-refractivity contribution in [3.63, 3.8) is 0 Å². The van der Waals surface area contributed by atoms with Gasteiger partial charge in [0.1, 0.15) is 0 Å². The summed E-state index contributed by atoms with van der Waals surface area (Å²) in [6.07, 6.45) is 2.99. The predicted molar refractivity (Wildman–Crippen MR) is 102 cm³/mol. The Morgan fingerprint density at radius 1 is 1.44 bits per heavy atom. The first-order chi connectivity index (χ1) is 12.0. The van der Waals surface area contributed by atoms with Crippen molar-refractivity contribution in [2.24, 2.45) is 0 Å². The summed E-state index contributed by atoms with van der Waals surface area (Å²) in [6.45, 7) is 1.96. The number of carbonyl (C=O) groups excluding carboxylic acids is 1. The number of rotatable bonds is 3. The van der Waals surface area contributed by atoms with Gasteiger partial charge in [-0.15, -0.1) is 0 Å². The fraction of sp³-hybridized carbons (Fsp3) is 0.389. The molecular formula is C18H18BrN3O2S. The lowest BCUT2D eigenvalue weighted by Crippen LogP contribution is -2.30. The molecule has 0 saturated carbocycles. The van der Waals surface area contributed by atoms with Crippen molar-refractivity contribution in [3.05, 3.63) is 49.8 Å². The molecule has 2 aromatic rings. The second-order valence-corrected chi connectivity index (χ2v) is 8.43. The first-order valence-corrected chi connectivity index (χ1v) is 10.1. The van der Waals surface area contributed by atoms with E-state index in [9.17, 15) is 9.59 Å². The molecule has 7 heteroatoms. The normalized spacial score (nSPS) is 18.1. The molecule has 0 spiro atoms. The van der Waals surface area contributed by atoms with E-state index in [0.717, 1.165) is 57.2 Å². The van der Waals surface area contributed by atoms with Crippen molar-refractivity contribution in [2.45, 2.75) is 43.8 Å². The van der Waals surface area contributed by atoms with E-state index >= 15 is 0 Å². The summed E-state index contributed by atoms with van der Waals surface area (Å²) in [6, 6.07) is 5.63. The van der Waals surface area contributed by atoms with Crippen LogP contribution < -0.4 is 10.9 Å². The minimum atomic E-state index is -0.123. The summed E-state index contributed by atoms with van der Waals surface area (Å²) in [4.78, 5) is 29.9. The van der Waals surface area contributed by atoms with Crippen LogP contribution >= 0.6 is 27.7 Å². The van der Waals surface area contributed by atoms with Crippen LogP contribution in [0.4, 0.5) is 5.69 Å². The molecule has 1 unspecified atom stereocenters. The number of benzene rings is 1. The summed E-state index contributed by atoms with van der Waals surface area (Å²) in [5.41, 5.74) is 3.67. The summed E-state index contributed by atoms with van der Waals surface area (Å²) in [5.74, 6) is 0.647. The maximum atomic E-state index is 12.8. The molecule has 1 aromatic carbocycles. The third-order valence-corrected chi connectivity index (χ3v) is 6.35. The standard InChI is InChI=1S/C18H18BrN3O2S/c1-10-7-11(19)5-6-14(10)20-16(23)8-12-9-25-18-21-15-4-2-3-13(15)17(24)22(12)18/h5-7,12H,2-4,8-9H2,1H3,(H,20,23). The van der Waals surface area contributed by atoms with Crippen molar-refractivity contribution in [3.8, 4) is 0 Å². The first-order valence-electron chi connectivity index (χ1n) is 8.36. The van der Waals surface area contributed by atoms with E-state index in [2.05, 4.69) is 26.2 Å². The number of carbonyl (C=O) groups is 1. The Bertz CT molecular complexity index is 925. The lowest BCUT2D eigenvalue weighted by Gasteiger charge is -2.15. The Hall–Kier alpha value is -1.60. The number of aryl methyl sites for hydroxylation is 2. The molecule has 130 valence electrons. The van der Waals surface area contributed by atoms with Crippen LogP contribution in [-0.2, 0) is 17.6 Å². The minimum Gasteiger partial charge on any atom is -0.326 e. The second-order valence-electron chi connectivity index (χ2n) is 6.52. The van der Waals surface area contributed by atoms with Crippen LogP contribution in [0.3, 0.4) is 0 Å². The average molecular weight is 420 g/mol. The molecule has 1 aliphatic carbocycles. The van der Waals surface area contributed by atoms with Crippen molar-refractivity contribution in [1.82, 2.24) is 9.55 Å². The molecule has 1 amide bonds. The van der Waals surface area contributed by atoms with Gasteiger partial charge in [0.25, 0.3) is 5.56 Å². The summed E-state index contributed by atoms with van der Waals surface area (Å²) >= 11 is 5.00. The van der Waals surface area contributed by atoms with E-state index in [1.807, 2.05) is 25.1 Å². The third-order valence-electron chi connectivity index (χ3n) is 4.76. The van der Waals surface area contributed by atoms with Crippen molar-refractivity contribution >= 4 is 39.3 Å². The number of nitrogens with zero attached hydrogens (tertiary/aromatic N) is 2. The monoisotopic (exact) mass is 419 g/mol. The highest BCUT2D eigenvalue weighted by Gasteiger charge is 2.31. The highest BCUT2D eigenvalue weighted by Crippen LogP contribution is 2.34. The SMILES string of the molecule is Cc1cc(Br)ccc1NC(=O)CC1CSc2nc3c(c(=O)n21)CCC3. The van der Waals surface area contributed by atoms with Crippen molar-refractivity contribution < 1.29 is 4.79 Å². The van der Waals surface area contributed by atoms with Crippen LogP contribution in [-0.4, -0.2) is 21.2 Å². The van der Waals surface area contributed by atoms with E-state index in [1.54, 1.807) is 16.3 Å². The highest BCUT2D eigenvalue weighted by atomic mass is 79.9. The van der Waals surface area contributed by atoms with Crippen LogP contribution in [0, 0.1) is 6.92 Å². The minimum absolute atomic E-state index is 0.0557. The van der Waals surface area contributed by atoms with Crippen LogP contribution in [0.1, 0.15) is 35.7 Å². The van der Waals surface area contributed by atoms with Gasteiger partial charge in [0.15, 0.2) is 5.16 Å². The van der Waals surface area contributed by atoms with Gasteiger partial charge in [0.2, 0.25) is 5.91 Å². The molecule has 25 heavy (non-hydrogen) atoms. The van der Waals surface area contributed by atoms with Crippen LogP contribution in [0.5, 0.6) is 0 Å². The zero-order valence-corrected chi connectivity index (χ0v) is 16.2. The maximum absolute atomic E-state index is 12.8. The number of hydrogen-bond donors (Lipinski definition) is 1. The number of anilines is 1. The number of amides is 1. The van der Waals surface area contributed by atoms with Gasteiger partial charge in [-0.2, -0.15) is 0 Å². The van der Waals surface area contributed by atoms with E-state index < -0.39 is 0 Å². The Balaban J connectivity index is 1.54. The second kappa shape index (κ2) is 6.61. The van der Waals surface area contributed by atoms with Crippen LogP contribution in [0.25, 0.3) is 0 Å². The molecule has 1 N–H and O–H groups in total. The molecule has 5 nitrogen and oxygen atoms in total. The number of hydrogen-bond acceptors (Lipinski definition) is 4. The molecule has 0 fully saturated rings. The Labute approximate surface area is 158 Å². The van der Waals surface area contributed by atoms with E-state index in [1.165, 1.54) is 0 Å². The summed E-state index contributed by atoms with van der Waals surface area (Å²) in [7, 11) is 0. The summed E-state index contributed by atoms with van der Waals surface area (Å²) < 4.78 is 2.72. The van der Waals surface area contributed by atoms with E-state index in [4.69, 9.17) is 0 Å². The maximum Gasteiger partial charge on any atom is 0.257 e. The zero-order chi connectivity index (χ0) is 17.6. The van der Waals surface area contributed by atoms with Crippen LogP contribution in [0.2, 0.25) is 0 Å². The van der Waals surface area contributed by atoms with Crippen LogP contribution in [0.15, 0.2) is 32.6 Å². The fourth-order valence-electron chi connectivity index (χ4n) is 3.49. The van der Waals surface area contributed by atoms with E-state index in [0.29, 0.717) is 0 Å². The number of thioether (sulfide) groups is 1. The molecule has 0 bridgehead atoms. The van der Waals surface area contributed by atoms with Gasteiger partial charge in [-0.3, -0.25) is 14.2 Å². The smallest absolute Gasteiger partial charge is 0.257 e. The fourth-order valence-corrected chi connectivity index (χ4v) is 5.11. The van der Waals surface area contributed by atoms with Gasteiger partial charge in [0, 0.05) is 27.9 Å². The van der Waals surface area contributed by atoms with Gasteiger partial charge in [0.05, 0.1) is 11.7 Å². The summed E-state index contributed by atoms with van der Waals surface area (Å²) in [5, 5.41) is 3.73. The van der Waals surface area contributed by atoms with Gasteiger partial charge in [-0.1, -0.05) is 27.7 Å². The average Bonchev–Trinajstić information content (AvgIpc) is 3.18. The van der Waals surface area contributed by atoms with E-state index in [-0.39, 0.29) is 23.9 Å². The van der Waals surface area contributed by atoms with Crippen molar-refractivity contribution in [2.75, 3.05) is 11.1 Å². The van der Waals surface area contributed by atoms with Gasteiger partial charge in [-0.25, -0.2) is 4.98 Å². The molecule has 4 rings (SSSR count). The Kier molecular flexibility index (Phi) is 4.45. The lowest BCUT2D eigenvalue weighted by molar-refractivity contribution is -0.116. The Morgan fingerprint density at radius 2 is 2.28 bits per heavy atom. The van der Waals surface area contributed by atoms with Gasteiger partial charge >= 0.3 is 0 Å². The quantitative estimate of drug-likeness (QED) is 0.773. The molecule has 1 atom stereocenters. The number of aromatic nitrogens is 2. The molecule has 2 heterocycles. The van der Waals surface area contributed by atoms with Gasteiger partial charge < -0.3 is 5.32 Å².